The van der Waals surface area contributed by atoms with Crippen molar-refractivity contribution in [2.24, 2.45) is 0 Å². The smallest absolute Gasteiger partial charge is 0.276 e. The third-order valence-corrected chi connectivity index (χ3v) is 6.03. The largest absolute Gasteiger partial charge is 0.474 e. The van der Waals surface area contributed by atoms with Gasteiger partial charge < -0.3 is 14.5 Å². The molecule has 1 saturated carbocycles. The lowest BCUT2D eigenvalue weighted by Gasteiger charge is -2.35. The lowest BCUT2D eigenvalue weighted by molar-refractivity contribution is 0.0739. The minimum absolute atomic E-state index is 0.160. The topological polar surface area (TPSA) is 89.3 Å². The van der Waals surface area contributed by atoms with E-state index in [4.69, 9.17) is 4.74 Å². The van der Waals surface area contributed by atoms with Crippen LogP contribution in [0.3, 0.4) is 0 Å². The minimum Gasteiger partial charge on any atom is -0.474 e. The molecule has 2 aromatic heterocycles. The Bertz CT molecular complexity index is 1110. The number of carbonyl (C=O) groups is 1. The molecule has 3 aromatic rings. The molecule has 0 spiro atoms. The Labute approximate surface area is 184 Å². The van der Waals surface area contributed by atoms with Gasteiger partial charge in [-0.3, -0.25) is 4.79 Å². The van der Waals surface area contributed by atoms with Gasteiger partial charge in [0, 0.05) is 32.2 Å². The number of benzene rings is 1. The fourth-order valence-electron chi connectivity index (χ4n) is 3.87. The molecule has 0 bridgehead atoms. The van der Waals surface area contributed by atoms with Crippen LogP contribution < -0.4 is 9.64 Å². The zero-order valence-electron chi connectivity index (χ0n) is 17.8. The van der Waals surface area contributed by atoms with Gasteiger partial charge in [0.15, 0.2) is 5.69 Å². The number of piperazine rings is 1. The lowest BCUT2D eigenvalue weighted by Crippen LogP contribution is -2.49. The minimum atomic E-state index is -0.328. The predicted molar refractivity (Wildman–Crippen MR) is 114 cm³/mol. The van der Waals surface area contributed by atoms with Gasteiger partial charge >= 0.3 is 0 Å². The number of ether oxygens (including phenoxy) is 1. The van der Waals surface area contributed by atoms with Gasteiger partial charge in [0.05, 0.1) is 11.4 Å². The summed E-state index contributed by atoms with van der Waals surface area (Å²) in [5.74, 6) is 0.921. The van der Waals surface area contributed by atoms with E-state index in [-0.39, 0.29) is 17.8 Å². The van der Waals surface area contributed by atoms with E-state index in [1.165, 1.54) is 24.9 Å². The molecule has 1 aromatic carbocycles. The number of carbonyl (C=O) groups excluding carboxylic acids is 1. The highest BCUT2D eigenvalue weighted by atomic mass is 19.1. The van der Waals surface area contributed by atoms with Crippen LogP contribution in [-0.4, -0.2) is 68.1 Å². The van der Waals surface area contributed by atoms with Crippen molar-refractivity contribution in [2.75, 3.05) is 31.1 Å². The van der Waals surface area contributed by atoms with Crippen LogP contribution in [0.4, 0.5) is 10.2 Å². The van der Waals surface area contributed by atoms with Gasteiger partial charge in [0.25, 0.3) is 5.91 Å². The van der Waals surface area contributed by atoms with E-state index >= 15 is 0 Å². The SMILES string of the molecule is Cc1c(C(=O)N2CCN(c3cc(OC4CCC4)ncn3)CC2)nnn1-c1ccc(F)cc1. The lowest BCUT2D eigenvalue weighted by atomic mass is 9.96. The fraction of sp³-hybridized carbons (Fsp3) is 0.409. The van der Waals surface area contributed by atoms with Gasteiger partial charge in [-0.2, -0.15) is 0 Å². The number of hydrogen-bond acceptors (Lipinski definition) is 7. The van der Waals surface area contributed by atoms with E-state index in [0.717, 1.165) is 18.7 Å². The van der Waals surface area contributed by atoms with Gasteiger partial charge in [0.2, 0.25) is 5.88 Å². The van der Waals surface area contributed by atoms with Crippen molar-refractivity contribution in [3.63, 3.8) is 0 Å². The Morgan fingerprint density at radius 3 is 2.53 bits per heavy atom. The third-order valence-electron chi connectivity index (χ3n) is 6.03. The summed E-state index contributed by atoms with van der Waals surface area (Å²) >= 11 is 0. The van der Waals surface area contributed by atoms with Crippen molar-refractivity contribution in [3.8, 4) is 11.6 Å². The maximum atomic E-state index is 13.2. The predicted octanol–water partition coefficient (Wildman–Crippen LogP) is 2.40. The highest BCUT2D eigenvalue weighted by molar-refractivity contribution is 5.93. The summed E-state index contributed by atoms with van der Waals surface area (Å²) in [7, 11) is 0. The molecule has 2 fully saturated rings. The highest BCUT2D eigenvalue weighted by Crippen LogP contribution is 2.26. The first-order valence-corrected chi connectivity index (χ1v) is 10.8. The molecule has 1 aliphatic heterocycles. The maximum Gasteiger partial charge on any atom is 0.276 e. The molecule has 10 heteroatoms. The summed E-state index contributed by atoms with van der Waals surface area (Å²) in [4.78, 5) is 25.6. The van der Waals surface area contributed by atoms with Crippen molar-refractivity contribution in [3.05, 3.63) is 53.9 Å². The number of hydrogen-bond donors (Lipinski definition) is 0. The molecule has 3 heterocycles. The molecule has 2 aliphatic rings. The third kappa shape index (κ3) is 4.00. The number of nitrogens with zero attached hydrogens (tertiary/aromatic N) is 7. The quantitative estimate of drug-likeness (QED) is 0.606. The molecule has 5 rings (SSSR count). The molecule has 1 amide bonds. The number of aromatic nitrogens is 5. The Hall–Kier alpha value is -3.56. The van der Waals surface area contributed by atoms with Crippen LogP contribution in [0.5, 0.6) is 5.88 Å². The summed E-state index contributed by atoms with van der Waals surface area (Å²) in [6.45, 7) is 4.18. The van der Waals surface area contributed by atoms with Crippen LogP contribution in [-0.2, 0) is 0 Å². The summed E-state index contributed by atoms with van der Waals surface area (Å²) in [6, 6.07) is 7.79. The van der Waals surface area contributed by atoms with Gasteiger partial charge in [0.1, 0.15) is 24.1 Å². The van der Waals surface area contributed by atoms with E-state index in [0.29, 0.717) is 49.1 Å². The average molecular weight is 437 g/mol. The molecule has 0 radical (unpaired) electrons. The van der Waals surface area contributed by atoms with E-state index < -0.39 is 0 Å². The monoisotopic (exact) mass is 437 g/mol. The number of anilines is 1. The Morgan fingerprint density at radius 1 is 1.09 bits per heavy atom. The maximum absolute atomic E-state index is 13.2. The van der Waals surface area contributed by atoms with Crippen LogP contribution in [0.1, 0.15) is 35.4 Å². The number of amides is 1. The molecule has 1 aliphatic carbocycles. The van der Waals surface area contributed by atoms with Crippen molar-refractivity contribution >= 4 is 11.7 Å². The van der Waals surface area contributed by atoms with E-state index in [1.54, 1.807) is 28.6 Å². The molecule has 32 heavy (non-hydrogen) atoms. The van der Waals surface area contributed by atoms with Gasteiger partial charge in [-0.05, 0) is 50.5 Å². The number of halogens is 1. The second kappa shape index (κ2) is 8.52. The Morgan fingerprint density at radius 2 is 1.84 bits per heavy atom. The van der Waals surface area contributed by atoms with Crippen LogP contribution in [0, 0.1) is 12.7 Å². The standard InChI is InChI=1S/C22H24FN7O2/c1-15-21(26-27-30(15)17-7-5-16(23)6-8-17)22(31)29-11-9-28(10-12-29)19-13-20(25-14-24-19)32-18-3-2-4-18/h5-8,13-14,18H,2-4,9-12H2,1H3. The second-order valence-corrected chi connectivity index (χ2v) is 8.08. The molecule has 0 atom stereocenters. The average Bonchev–Trinajstić information content (AvgIpc) is 3.18. The van der Waals surface area contributed by atoms with Crippen LogP contribution in [0.2, 0.25) is 0 Å². The molecule has 0 N–H and O–H groups in total. The van der Waals surface area contributed by atoms with Crippen LogP contribution >= 0.6 is 0 Å². The van der Waals surface area contributed by atoms with Gasteiger partial charge in [-0.25, -0.2) is 19.0 Å². The summed E-state index contributed by atoms with van der Waals surface area (Å²) in [5, 5.41) is 8.19. The van der Waals surface area contributed by atoms with Crippen molar-refractivity contribution in [2.45, 2.75) is 32.3 Å². The molecular formula is C22H24FN7O2. The Balaban J connectivity index is 1.23. The normalized spacial score (nSPS) is 16.7. The summed E-state index contributed by atoms with van der Waals surface area (Å²) in [5.41, 5.74) is 1.59. The van der Waals surface area contributed by atoms with Crippen molar-refractivity contribution in [1.29, 1.82) is 0 Å². The first-order valence-electron chi connectivity index (χ1n) is 10.8. The van der Waals surface area contributed by atoms with Gasteiger partial charge in [-0.1, -0.05) is 5.21 Å². The summed E-state index contributed by atoms with van der Waals surface area (Å²) < 4.78 is 20.6. The van der Waals surface area contributed by atoms with Crippen LogP contribution in [0.15, 0.2) is 36.7 Å². The second-order valence-electron chi connectivity index (χ2n) is 8.08. The van der Waals surface area contributed by atoms with E-state index in [9.17, 15) is 9.18 Å². The summed E-state index contributed by atoms with van der Waals surface area (Å²) in [6.07, 6.45) is 5.14. The number of rotatable bonds is 5. The molecule has 166 valence electrons. The fourth-order valence-corrected chi connectivity index (χ4v) is 3.87. The molecule has 0 unspecified atom stereocenters. The van der Waals surface area contributed by atoms with Gasteiger partial charge in [-0.15, -0.1) is 5.10 Å². The zero-order valence-corrected chi connectivity index (χ0v) is 17.8. The van der Waals surface area contributed by atoms with E-state index in [2.05, 4.69) is 25.2 Å². The molecule has 1 saturated heterocycles. The first kappa shape index (κ1) is 20.3. The van der Waals surface area contributed by atoms with Crippen molar-refractivity contribution in [1.82, 2.24) is 29.9 Å². The zero-order chi connectivity index (χ0) is 22.1. The highest BCUT2D eigenvalue weighted by Gasteiger charge is 2.27. The van der Waals surface area contributed by atoms with Crippen molar-refractivity contribution < 1.29 is 13.9 Å². The molecule has 9 nitrogen and oxygen atoms in total. The van der Waals surface area contributed by atoms with Crippen LogP contribution in [0.25, 0.3) is 5.69 Å². The van der Waals surface area contributed by atoms with E-state index in [1.807, 2.05) is 6.07 Å². The Kier molecular flexibility index (Phi) is 5.42. The molecular weight excluding hydrogens is 413 g/mol. The first-order chi connectivity index (χ1) is 15.6.